The van der Waals surface area contributed by atoms with Gasteiger partial charge in [0.1, 0.15) is 0 Å². The van der Waals surface area contributed by atoms with Crippen LogP contribution in [0.15, 0.2) is 30.3 Å². The SMILES string of the molecule is CC1(O)CCN(CC(C)(C)C(=O)c2ccccc2)C1. The average molecular weight is 261 g/mol. The topological polar surface area (TPSA) is 40.5 Å². The molecule has 0 bridgehead atoms. The summed E-state index contributed by atoms with van der Waals surface area (Å²) in [6, 6.07) is 9.43. The third-order valence-electron chi connectivity index (χ3n) is 3.80. The molecule has 1 aromatic rings. The summed E-state index contributed by atoms with van der Waals surface area (Å²) in [6.07, 6.45) is 0.780. The molecule has 104 valence electrons. The number of hydrogen-bond acceptors (Lipinski definition) is 3. The van der Waals surface area contributed by atoms with Gasteiger partial charge < -0.3 is 5.11 Å². The predicted molar refractivity (Wildman–Crippen MR) is 76.2 cm³/mol. The quantitative estimate of drug-likeness (QED) is 0.846. The lowest BCUT2D eigenvalue weighted by molar-refractivity contribution is 0.0584. The van der Waals surface area contributed by atoms with E-state index in [4.69, 9.17) is 0 Å². The molecule has 1 heterocycles. The molecule has 19 heavy (non-hydrogen) atoms. The summed E-state index contributed by atoms with van der Waals surface area (Å²) in [6.45, 7) is 8.03. The number of benzene rings is 1. The van der Waals surface area contributed by atoms with E-state index in [-0.39, 0.29) is 5.78 Å². The summed E-state index contributed by atoms with van der Waals surface area (Å²) < 4.78 is 0. The van der Waals surface area contributed by atoms with Crippen molar-refractivity contribution in [1.82, 2.24) is 4.90 Å². The number of rotatable bonds is 4. The molecule has 0 saturated carbocycles. The van der Waals surface area contributed by atoms with Crippen molar-refractivity contribution in [3.63, 3.8) is 0 Å². The highest BCUT2D eigenvalue weighted by atomic mass is 16.3. The van der Waals surface area contributed by atoms with E-state index in [9.17, 15) is 9.90 Å². The van der Waals surface area contributed by atoms with E-state index in [0.29, 0.717) is 13.1 Å². The normalized spacial score (nSPS) is 24.6. The van der Waals surface area contributed by atoms with Crippen LogP contribution >= 0.6 is 0 Å². The average Bonchev–Trinajstić information content (AvgIpc) is 2.68. The van der Waals surface area contributed by atoms with Crippen LogP contribution in [0.2, 0.25) is 0 Å². The van der Waals surface area contributed by atoms with Crippen molar-refractivity contribution in [3.05, 3.63) is 35.9 Å². The molecule has 0 spiro atoms. The molecule has 0 radical (unpaired) electrons. The molecule has 1 aromatic carbocycles. The Balaban J connectivity index is 2.05. The molecule has 1 fully saturated rings. The third kappa shape index (κ3) is 3.43. The molecule has 0 aliphatic carbocycles. The Morgan fingerprint density at radius 1 is 1.37 bits per heavy atom. The molecule has 0 amide bonds. The Labute approximate surface area is 115 Å². The first-order valence-electron chi connectivity index (χ1n) is 6.85. The molecule has 1 atom stereocenters. The van der Waals surface area contributed by atoms with Gasteiger partial charge in [0, 0.05) is 30.6 Å². The molecule has 3 nitrogen and oxygen atoms in total. The largest absolute Gasteiger partial charge is 0.389 e. The molecular weight excluding hydrogens is 238 g/mol. The van der Waals surface area contributed by atoms with Crippen LogP contribution in [0.5, 0.6) is 0 Å². The fourth-order valence-electron chi connectivity index (χ4n) is 2.78. The van der Waals surface area contributed by atoms with Gasteiger partial charge in [-0.25, -0.2) is 0 Å². The van der Waals surface area contributed by atoms with Gasteiger partial charge in [-0.3, -0.25) is 9.69 Å². The van der Waals surface area contributed by atoms with Gasteiger partial charge in [-0.15, -0.1) is 0 Å². The van der Waals surface area contributed by atoms with E-state index in [0.717, 1.165) is 18.5 Å². The van der Waals surface area contributed by atoms with Gasteiger partial charge in [0.2, 0.25) is 0 Å². The number of carbonyl (C=O) groups excluding carboxylic acids is 1. The minimum Gasteiger partial charge on any atom is -0.389 e. The van der Waals surface area contributed by atoms with Crippen LogP contribution in [0.1, 0.15) is 37.6 Å². The van der Waals surface area contributed by atoms with E-state index in [1.54, 1.807) is 0 Å². The van der Waals surface area contributed by atoms with Crippen molar-refractivity contribution < 1.29 is 9.90 Å². The first kappa shape index (κ1) is 14.2. The first-order valence-corrected chi connectivity index (χ1v) is 6.85. The number of carbonyl (C=O) groups is 1. The second-order valence-electron chi connectivity index (χ2n) is 6.54. The maximum atomic E-state index is 12.5. The summed E-state index contributed by atoms with van der Waals surface area (Å²) >= 11 is 0. The van der Waals surface area contributed by atoms with Crippen LogP contribution < -0.4 is 0 Å². The number of Topliss-reactive ketones (excluding diaryl/α,β-unsaturated/α-hetero) is 1. The Morgan fingerprint density at radius 3 is 2.53 bits per heavy atom. The van der Waals surface area contributed by atoms with E-state index in [2.05, 4.69) is 4.90 Å². The number of ketones is 1. The molecule has 1 N–H and O–H groups in total. The number of nitrogens with zero attached hydrogens (tertiary/aromatic N) is 1. The highest BCUT2D eigenvalue weighted by molar-refractivity contribution is 6.00. The van der Waals surface area contributed by atoms with Crippen molar-refractivity contribution in [1.29, 1.82) is 0 Å². The highest BCUT2D eigenvalue weighted by Crippen LogP contribution is 2.28. The number of likely N-dealkylation sites (tertiary alicyclic amines) is 1. The van der Waals surface area contributed by atoms with Gasteiger partial charge in [0.15, 0.2) is 5.78 Å². The van der Waals surface area contributed by atoms with Crippen molar-refractivity contribution >= 4 is 5.78 Å². The number of aliphatic hydroxyl groups is 1. The van der Waals surface area contributed by atoms with Crippen LogP contribution in [0.3, 0.4) is 0 Å². The number of hydrogen-bond donors (Lipinski definition) is 1. The zero-order valence-corrected chi connectivity index (χ0v) is 12.0. The zero-order chi connectivity index (χ0) is 14.1. The maximum Gasteiger partial charge on any atom is 0.169 e. The lowest BCUT2D eigenvalue weighted by Gasteiger charge is -2.29. The van der Waals surface area contributed by atoms with Gasteiger partial charge >= 0.3 is 0 Å². The Bertz CT molecular complexity index is 451. The summed E-state index contributed by atoms with van der Waals surface area (Å²) in [5.41, 5.74) is -0.272. The summed E-state index contributed by atoms with van der Waals surface area (Å²) in [5, 5.41) is 9.99. The van der Waals surface area contributed by atoms with Crippen molar-refractivity contribution in [2.45, 2.75) is 32.8 Å². The molecule has 1 aliphatic rings. The van der Waals surface area contributed by atoms with Crippen molar-refractivity contribution in [2.24, 2.45) is 5.41 Å². The van der Waals surface area contributed by atoms with Gasteiger partial charge in [0.05, 0.1) is 5.60 Å². The summed E-state index contributed by atoms with van der Waals surface area (Å²) in [5.74, 6) is 0.166. The lowest BCUT2D eigenvalue weighted by Crippen LogP contribution is -2.40. The fraction of sp³-hybridized carbons (Fsp3) is 0.562. The Kier molecular flexibility index (Phi) is 3.79. The van der Waals surface area contributed by atoms with Crippen molar-refractivity contribution in [2.75, 3.05) is 19.6 Å². The predicted octanol–water partition coefficient (Wildman–Crippen LogP) is 2.35. The standard InChI is InChI=1S/C16H23NO2/c1-15(2,11-17-10-9-16(3,19)12-17)14(18)13-7-5-4-6-8-13/h4-8,19H,9-12H2,1-3H3. The lowest BCUT2D eigenvalue weighted by atomic mass is 9.83. The van der Waals surface area contributed by atoms with Crippen LogP contribution in [-0.2, 0) is 0 Å². The molecule has 1 saturated heterocycles. The van der Waals surface area contributed by atoms with Gasteiger partial charge in [-0.2, -0.15) is 0 Å². The molecule has 1 unspecified atom stereocenters. The fourth-order valence-corrected chi connectivity index (χ4v) is 2.78. The first-order chi connectivity index (χ1) is 8.80. The maximum absolute atomic E-state index is 12.5. The second kappa shape index (κ2) is 5.06. The van der Waals surface area contributed by atoms with Crippen LogP contribution in [0, 0.1) is 5.41 Å². The minimum atomic E-state index is -0.605. The third-order valence-corrected chi connectivity index (χ3v) is 3.80. The smallest absolute Gasteiger partial charge is 0.169 e. The van der Waals surface area contributed by atoms with Crippen LogP contribution in [0.4, 0.5) is 0 Å². The van der Waals surface area contributed by atoms with E-state index >= 15 is 0 Å². The molecule has 1 aliphatic heterocycles. The molecule has 2 rings (SSSR count). The van der Waals surface area contributed by atoms with Crippen molar-refractivity contribution in [3.8, 4) is 0 Å². The molecule has 0 aromatic heterocycles. The van der Waals surface area contributed by atoms with Crippen LogP contribution in [-0.4, -0.2) is 41.0 Å². The van der Waals surface area contributed by atoms with E-state index < -0.39 is 11.0 Å². The molecule has 3 heteroatoms. The Morgan fingerprint density at radius 2 is 2.00 bits per heavy atom. The van der Waals surface area contributed by atoms with Gasteiger partial charge in [-0.05, 0) is 13.3 Å². The second-order valence-corrected chi connectivity index (χ2v) is 6.54. The van der Waals surface area contributed by atoms with Gasteiger partial charge in [0.25, 0.3) is 0 Å². The zero-order valence-electron chi connectivity index (χ0n) is 12.0. The summed E-state index contributed by atoms with van der Waals surface area (Å²) in [7, 11) is 0. The number of β-amino-alcohol motifs (C(OH)–C–C–N with tert-alkyl or cyclic N) is 1. The van der Waals surface area contributed by atoms with E-state index in [1.807, 2.05) is 51.1 Å². The molecular formula is C16H23NO2. The van der Waals surface area contributed by atoms with E-state index in [1.165, 1.54) is 0 Å². The Hall–Kier alpha value is -1.19. The minimum absolute atomic E-state index is 0.166. The highest BCUT2D eigenvalue weighted by Gasteiger charge is 2.37. The van der Waals surface area contributed by atoms with Crippen LogP contribution in [0.25, 0.3) is 0 Å². The summed E-state index contributed by atoms with van der Waals surface area (Å²) in [4.78, 5) is 14.7. The monoisotopic (exact) mass is 261 g/mol. The van der Waals surface area contributed by atoms with Gasteiger partial charge in [-0.1, -0.05) is 44.2 Å².